The summed E-state index contributed by atoms with van der Waals surface area (Å²) in [5, 5.41) is 13.3. The van der Waals surface area contributed by atoms with Crippen LogP contribution >= 0.6 is 11.3 Å². The summed E-state index contributed by atoms with van der Waals surface area (Å²) in [7, 11) is 0. The molecular weight excluding hydrogens is 264 g/mol. The molecule has 2 aromatic rings. The molecule has 0 fully saturated rings. The van der Waals surface area contributed by atoms with Crippen LogP contribution in [0.15, 0.2) is 29.8 Å². The van der Waals surface area contributed by atoms with Gasteiger partial charge in [-0.2, -0.15) is 0 Å². The van der Waals surface area contributed by atoms with E-state index in [1.165, 1.54) is 29.7 Å². The number of anilines is 1. The van der Waals surface area contributed by atoms with E-state index in [4.69, 9.17) is 5.11 Å². The van der Waals surface area contributed by atoms with Gasteiger partial charge in [0, 0.05) is 11.1 Å². The lowest BCUT2D eigenvalue weighted by molar-refractivity contribution is -0.115. The van der Waals surface area contributed by atoms with E-state index in [0.29, 0.717) is 12.2 Å². The van der Waals surface area contributed by atoms with Crippen molar-refractivity contribution < 1.29 is 14.7 Å². The predicted molar refractivity (Wildman–Crippen MR) is 72.6 cm³/mol. The highest BCUT2D eigenvalue weighted by Gasteiger charge is 2.09. The Balaban J connectivity index is 1.99. The molecule has 0 aliphatic carbocycles. The topological polar surface area (TPSA) is 79.3 Å². The second-order valence-electron chi connectivity index (χ2n) is 3.99. The fourth-order valence-corrected chi connectivity index (χ4v) is 2.42. The molecule has 0 saturated carbocycles. The monoisotopic (exact) mass is 276 g/mol. The summed E-state index contributed by atoms with van der Waals surface area (Å²) in [6.07, 6.45) is 1.51. The van der Waals surface area contributed by atoms with Crippen LogP contribution in [0.25, 0.3) is 0 Å². The summed E-state index contributed by atoms with van der Waals surface area (Å²) >= 11 is 1.54. The molecule has 19 heavy (non-hydrogen) atoms. The molecule has 2 aromatic heterocycles. The van der Waals surface area contributed by atoms with Crippen LogP contribution in [0.3, 0.4) is 0 Å². The normalized spacial score (nSPS) is 10.2. The Morgan fingerprint density at radius 1 is 1.37 bits per heavy atom. The third kappa shape index (κ3) is 3.38. The molecule has 0 radical (unpaired) electrons. The average molecular weight is 276 g/mol. The van der Waals surface area contributed by atoms with Gasteiger partial charge in [-0.3, -0.25) is 4.79 Å². The van der Waals surface area contributed by atoms with E-state index in [2.05, 4.69) is 10.3 Å². The van der Waals surface area contributed by atoms with Crippen LogP contribution in [0.5, 0.6) is 0 Å². The molecule has 0 aromatic carbocycles. The van der Waals surface area contributed by atoms with E-state index in [1.54, 1.807) is 0 Å². The molecular formula is C13H12N2O3S. The van der Waals surface area contributed by atoms with E-state index in [-0.39, 0.29) is 11.5 Å². The largest absolute Gasteiger partial charge is 0.478 e. The molecule has 1 amide bonds. The van der Waals surface area contributed by atoms with Crippen molar-refractivity contribution in [2.45, 2.75) is 13.3 Å². The third-order valence-electron chi connectivity index (χ3n) is 2.57. The summed E-state index contributed by atoms with van der Waals surface area (Å²) in [4.78, 5) is 27.3. The highest BCUT2D eigenvalue weighted by molar-refractivity contribution is 7.10. The third-order valence-corrected chi connectivity index (χ3v) is 3.59. The summed E-state index contributed by atoms with van der Waals surface area (Å²) in [6, 6.07) is 4.84. The number of hydrogen-bond acceptors (Lipinski definition) is 4. The Labute approximate surface area is 113 Å². The summed E-state index contributed by atoms with van der Waals surface area (Å²) < 4.78 is 0. The molecule has 98 valence electrons. The average Bonchev–Trinajstić information content (AvgIpc) is 2.75. The molecule has 0 unspecified atom stereocenters. The molecule has 0 atom stereocenters. The lowest BCUT2D eigenvalue weighted by Gasteiger charge is -2.04. The van der Waals surface area contributed by atoms with Crippen molar-refractivity contribution in [3.8, 4) is 0 Å². The van der Waals surface area contributed by atoms with Gasteiger partial charge in [-0.05, 0) is 36.1 Å². The molecule has 2 N–H and O–H groups in total. The number of nitrogens with one attached hydrogen (secondary N) is 1. The molecule has 0 bridgehead atoms. The number of carboxylic acids is 1. The van der Waals surface area contributed by atoms with Crippen LogP contribution in [-0.2, 0) is 11.2 Å². The highest BCUT2D eigenvalue weighted by atomic mass is 32.1. The molecule has 0 spiro atoms. The van der Waals surface area contributed by atoms with Gasteiger partial charge in [0.1, 0.15) is 5.82 Å². The number of rotatable bonds is 4. The first-order chi connectivity index (χ1) is 9.06. The van der Waals surface area contributed by atoms with Crippen molar-refractivity contribution in [3.63, 3.8) is 0 Å². The van der Waals surface area contributed by atoms with Crippen LogP contribution in [0.1, 0.15) is 20.8 Å². The molecule has 0 saturated heterocycles. The summed E-state index contributed by atoms with van der Waals surface area (Å²) in [5.74, 6) is -0.857. The zero-order valence-corrected chi connectivity index (χ0v) is 11.0. The van der Waals surface area contributed by atoms with Crippen LogP contribution in [-0.4, -0.2) is 22.0 Å². The Hall–Kier alpha value is -2.21. The quantitative estimate of drug-likeness (QED) is 0.898. The van der Waals surface area contributed by atoms with Gasteiger partial charge in [0.2, 0.25) is 5.91 Å². The van der Waals surface area contributed by atoms with E-state index in [1.807, 2.05) is 18.4 Å². The first-order valence-electron chi connectivity index (χ1n) is 5.58. The first-order valence-corrected chi connectivity index (χ1v) is 6.46. The highest BCUT2D eigenvalue weighted by Crippen LogP contribution is 2.16. The SMILES string of the molecule is Cc1ccsc1CC(=O)Nc1ccc(C(=O)O)cn1. The molecule has 0 aliphatic heterocycles. The molecule has 0 aliphatic rings. The van der Waals surface area contributed by atoms with E-state index >= 15 is 0 Å². The Morgan fingerprint density at radius 2 is 2.16 bits per heavy atom. The van der Waals surface area contributed by atoms with Gasteiger partial charge in [0.15, 0.2) is 0 Å². The number of amides is 1. The lowest BCUT2D eigenvalue weighted by atomic mass is 10.2. The Morgan fingerprint density at radius 3 is 2.68 bits per heavy atom. The minimum Gasteiger partial charge on any atom is -0.478 e. The van der Waals surface area contributed by atoms with Gasteiger partial charge < -0.3 is 10.4 Å². The van der Waals surface area contributed by atoms with Crippen molar-refractivity contribution in [3.05, 3.63) is 45.8 Å². The first kappa shape index (κ1) is 13.2. The number of carboxylic acid groups (broad SMARTS) is 1. The van der Waals surface area contributed by atoms with Gasteiger partial charge in [-0.15, -0.1) is 11.3 Å². The maximum absolute atomic E-state index is 11.8. The predicted octanol–water partition coefficient (Wildman–Crippen LogP) is 2.33. The fourth-order valence-electron chi connectivity index (χ4n) is 1.51. The minimum absolute atomic E-state index is 0.0899. The second kappa shape index (κ2) is 5.62. The Kier molecular flexibility index (Phi) is 3.91. The fraction of sp³-hybridized carbons (Fsp3) is 0.154. The van der Waals surface area contributed by atoms with Gasteiger partial charge in [-0.25, -0.2) is 9.78 Å². The van der Waals surface area contributed by atoms with Crippen LogP contribution in [0, 0.1) is 6.92 Å². The van der Waals surface area contributed by atoms with Crippen molar-refractivity contribution in [1.29, 1.82) is 0 Å². The standard InChI is InChI=1S/C13H12N2O3S/c1-8-4-5-19-10(8)6-12(16)15-11-3-2-9(7-14-11)13(17)18/h2-5,7H,6H2,1H3,(H,17,18)(H,14,15,16). The molecule has 6 heteroatoms. The van der Waals surface area contributed by atoms with Gasteiger partial charge >= 0.3 is 5.97 Å². The van der Waals surface area contributed by atoms with E-state index in [0.717, 1.165) is 10.4 Å². The van der Waals surface area contributed by atoms with Crippen LogP contribution in [0.4, 0.5) is 5.82 Å². The molecule has 2 rings (SSSR count). The van der Waals surface area contributed by atoms with Crippen LogP contribution in [0.2, 0.25) is 0 Å². The number of thiophene rings is 1. The minimum atomic E-state index is -1.04. The number of pyridine rings is 1. The van der Waals surface area contributed by atoms with Crippen LogP contribution < -0.4 is 5.32 Å². The van der Waals surface area contributed by atoms with Crippen molar-refractivity contribution in [1.82, 2.24) is 4.98 Å². The van der Waals surface area contributed by atoms with Gasteiger partial charge in [-0.1, -0.05) is 0 Å². The number of aromatic carboxylic acids is 1. The lowest BCUT2D eigenvalue weighted by Crippen LogP contribution is -2.15. The van der Waals surface area contributed by atoms with Crippen molar-refractivity contribution in [2.75, 3.05) is 5.32 Å². The van der Waals surface area contributed by atoms with Gasteiger partial charge in [0.05, 0.1) is 12.0 Å². The second-order valence-corrected chi connectivity index (χ2v) is 4.99. The summed E-state index contributed by atoms with van der Waals surface area (Å²) in [6.45, 7) is 1.96. The van der Waals surface area contributed by atoms with E-state index < -0.39 is 5.97 Å². The number of aryl methyl sites for hydroxylation is 1. The number of hydrogen-bond donors (Lipinski definition) is 2. The van der Waals surface area contributed by atoms with E-state index in [9.17, 15) is 9.59 Å². The smallest absolute Gasteiger partial charge is 0.337 e. The number of aromatic nitrogens is 1. The number of nitrogens with zero attached hydrogens (tertiary/aromatic N) is 1. The maximum atomic E-state index is 11.8. The zero-order chi connectivity index (χ0) is 13.8. The number of carbonyl (C=O) groups excluding carboxylic acids is 1. The Bertz CT molecular complexity index is 605. The zero-order valence-electron chi connectivity index (χ0n) is 10.2. The van der Waals surface area contributed by atoms with Crippen molar-refractivity contribution in [2.24, 2.45) is 0 Å². The molecule has 2 heterocycles. The molecule has 5 nitrogen and oxygen atoms in total. The maximum Gasteiger partial charge on any atom is 0.337 e. The summed E-state index contributed by atoms with van der Waals surface area (Å²) in [5.41, 5.74) is 1.18. The van der Waals surface area contributed by atoms with Gasteiger partial charge in [0.25, 0.3) is 0 Å². The number of carbonyl (C=O) groups is 2. The van der Waals surface area contributed by atoms with Crippen molar-refractivity contribution >= 4 is 29.0 Å².